The number of urea groups is 1. The third-order valence-electron chi connectivity index (χ3n) is 5.04. The van der Waals surface area contributed by atoms with Crippen molar-refractivity contribution in [1.29, 1.82) is 0 Å². The van der Waals surface area contributed by atoms with Gasteiger partial charge in [0.25, 0.3) is 11.8 Å². The van der Waals surface area contributed by atoms with Crippen molar-refractivity contribution in [1.82, 2.24) is 15.1 Å². The van der Waals surface area contributed by atoms with Gasteiger partial charge in [-0.05, 0) is 17.5 Å². The summed E-state index contributed by atoms with van der Waals surface area (Å²) in [6, 6.07) is 19.5. The van der Waals surface area contributed by atoms with E-state index in [2.05, 4.69) is 29.6 Å². The zero-order chi connectivity index (χ0) is 22.2. The van der Waals surface area contributed by atoms with Gasteiger partial charge in [-0.25, -0.2) is 4.79 Å². The second-order valence-corrected chi connectivity index (χ2v) is 7.29. The molecule has 1 heterocycles. The van der Waals surface area contributed by atoms with E-state index in [-0.39, 0.29) is 12.5 Å². The van der Waals surface area contributed by atoms with E-state index in [0.29, 0.717) is 13.0 Å². The molecular weight excluding hydrogens is 398 g/mol. The lowest BCUT2D eigenvalue weighted by atomic mass is 9.88. The average molecular weight is 423 g/mol. The van der Waals surface area contributed by atoms with Gasteiger partial charge in [0, 0.05) is 19.5 Å². The first kappa shape index (κ1) is 22.0. The Kier molecular flexibility index (Phi) is 7.37. The van der Waals surface area contributed by atoms with Gasteiger partial charge in [-0.3, -0.25) is 19.3 Å². The fourth-order valence-corrected chi connectivity index (χ4v) is 3.45. The molecule has 162 valence electrons. The Labute approximate surface area is 180 Å². The monoisotopic (exact) mass is 423 g/mol. The first-order valence-corrected chi connectivity index (χ1v) is 10.0. The fraction of sp³-hybridized carbons (Fsp3) is 0.304. The molecule has 2 aromatic rings. The maximum atomic E-state index is 12.1. The molecule has 0 aromatic heterocycles. The van der Waals surface area contributed by atoms with Crippen LogP contribution in [0.25, 0.3) is 0 Å². The van der Waals surface area contributed by atoms with E-state index < -0.39 is 37.0 Å². The largest absolute Gasteiger partial charge is 0.454 e. The number of esters is 1. The molecule has 0 atom stereocenters. The summed E-state index contributed by atoms with van der Waals surface area (Å²) in [7, 11) is 1.47. The van der Waals surface area contributed by atoms with Crippen LogP contribution in [-0.4, -0.2) is 66.9 Å². The molecule has 0 unspecified atom stereocenters. The molecule has 8 heteroatoms. The van der Waals surface area contributed by atoms with E-state index in [1.165, 1.54) is 11.9 Å². The standard InChI is InChI=1S/C23H25N3O5/c1-25-14-21(28)26(23(25)30)15-22(29)31-16-20(27)24-13-12-19(17-8-4-2-5-9-17)18-10-6-3-7-11-18/h2-11,19H,12-16H2,1H3,(H,24,27). The van der Waals surface area contributed by atoms with E-state index in [9.17, 15) is 19.2 Å². The number of likely N-dealkylation sites (N-methyl/N-ethyl adjacent to an activating group) is 1. The molecule has 3 rings (SSSR count). The van der Waals surface area contributed by atoms with Crippen molar-refractivity contribution in [3.05, 3.63) is 71.8 Å². The van der Waals surface area contributed by atoms with E-state index in [1.54, 1.807) is 0 Å². The van der Waals surface area contributed by atoms with Gasteiger partial charge in [-0.1, -0.05) is 60.7 Å². The predicted molar refractivity (Wildman–Crippen MR) is 113 cm³/mol. The molecule has 8 nitrogen and oxygen atoms in total. The minimum atomic E-state index is -0.807. The van der Waals surface area contributed by atoms with Crippen molar-refractivity contribution in [3.63, 3.8) is 0 Å². The van der Waals surface area contributed by atoms with E-state index in [1.807, 2.05) is 36.4 Å². The average Bonchev–Trinajstić information content (AvgIpc) is 3.02. The molecule has 1 N–H and O–H groups in total. The summed E-state index contributed by atoms with van der Waals surface area (Å²) in [5, 5.41) is 2.75. The number of nitrogens with zero attached hydrogens (tertiary/aromatic N) is 2. The first-order valence-electron chi connectivity index (χ1n) is 10.0. The third-order valence-corrected chi connectivity index (χ3v) is 5.04. The molecule has 0 saturated carbocycles. The predicted octanol–water partition coefficient (Wildman–Crippen LogP) is 1.76. The number of carbonyl (C=O) groups excluding carboxylic acids is 4. The van der Waals surface area contributed by atoms with Crippen LogP contribution in [0.5, 0.6) is 0 Å². The van der Waals surface area contributed by atoms with Gasteiger partial charge in [-0.2, -0.15) is 0 Å². The van der Waals surface area contributed by atoms with Crippen LogP contribution >= 0.6 is 0 Å². The van der Waals surface area contributed by atoms with Gasteiger partial charge in [0.05, 0.1) is 0 Å². The van der Waals surface area contributed by atoms with Gasteiger partial charge < -0.3 is 15.0 Å². The minimum Gasteiger partial charge on any atom is -0.454 e. The summed E-state index contributed by atoms with van der Waals surface area (Å²) in [6.07, 6.45) is 0.677. The molecule has 0 spiro atoms. The highest BCUT2D eigenvalue weighted by Gasteiger charge is 2.35. The number of benzene rings is 2. The Balaban J connectivity index is 1.46. The maximum Gasteiger partial charge on any atom is 0.327 e. The van der Waals surface area contributed by atoms with E-state index in [4.69, 9.17) is 4.74 Å². The van der Waals surface area contributed by atoms with Crippen LogP contribution in [0, 0.1) is 0 Å². The van der Waals surface area contributed by atoms with Crippen molar-refractivity contribution in [2.24, 2.45) is 0 Å². The lowest BCUT2D eigenvalue weighted by Crippen LogP contribution is -2.38. The van der Waals surface area contributed by atoms with Crippen molar-refractivity contribution in [3.8, 4) is 0 Å². The molecular formula is C23H25N3O5. The lowest BCUT2D eigenvalue weighted by molar-refractivity contribution is -0.150. The summed E-state index contributed by atoms with van der Waals surface area (Å²) >= 11 is 0. The van der Waals surface area contributed by atoms with Crippen LogP contribution < -0.4 is 5.32 Å². The molecule has 31 heavy (non-hydrogen) atoms. The highest BCUT2D eigenvalue weighted by Crippen LogP contribution is 2.27. The second-order valence-electron chi connectivity index (χ2n) is 7.29. The van der Waals surface area contributed by atoms with E-state index in [0.717, 1.165) is 16.0 Å². The van der Waals surface area contributed by atoms with Gasteiger partial charge in [-0.15, -0.1) is 0 Å². The van der Waals surface area contributed by atoms with E-state index >= 15 is 0 Å². The fourth-order valence-electron chi connectivity index (χ4n) is 3.45. The van der Waals surface area contributed by atoms with Crippen LogP contribution in [0.1, 0.15) is 23.5 Å². The molecule has 4 amide bonds. The summed E-state index contributed by atoms with van der Waals surface area (Å²) in [5.74, 6) is -1.60. The molecule has 0 radical (unpaired) electrons. The Bertz CT molecular complexity index is 893. The Hall–Kier alpha value is -3.68. The SMILES string of the molecule is CN1CC(=O)N(CC(=O)OCC(=O)NCCC(c2ccccc2)c2ccccc2)C1=O. The van der Waals surface area contributed by atoms with Gasteiger partial charge in [0.15, 0.2) is 6.61 Å². The number of rotatable bonds is 9. The van der Waals surface area contributed by atoms with Crippen molar-refractivity contribution in [2.45, 2.75) is 12.3 Å². The number of nitrogens with one attached hydrogen (secondary N) is 1. The summed E-state index contributed by atoms with van der Waals surface area (Å²) < 4.78 is 4.91. The maximum absolute atomic E-state index is 12.1. The normalized spacial score (nSPS) is 13.6. The summed E-state index contributed by atoms with van der Waals surface area (Å²) in [6.45, 7) is -0.638. The molecule has 1 fully saturated rings. The van der Waals surface area contributed by atoms with Gasteiger partial charge >= 0.3 is 12.0 Å². The lowest BCUT2D eigenvalue weighted by Gasteiger charge is -2.18. The van der Waals surface area contributed by atoms with Crippen LogP contribution in [0.3, 0.4) is 0 Å². The van der Waals surface area contributed by atoms with Crippen molar-refractivity contribution in [2.75, 3.05) is 33.3 Å². The van der Waals surface area contributed by atoms with Crippen molar-refractivity contribution >= 4 is 23.8 Å². The minimum absolute atomic E-state index is 0.0728. The second kappa shape index (κ2) is 10.4. The zero-order valence-corrected chi connectivity index (χ0v) is 17.3. The van der Waals surface area contributed by atoms with Crippen molar-refractivity contribution < 1.29 is 23.9 Å². The van der Waals surface area contributed by atoms with Crippen LogP contribution in [-0.2, 0) is 19.1 Å². The Morgan fingerprint density at radius 2 is 1.58 bits per heavy atom. The summed E-state index contributed by atoms with van der Waals surface area (Å²) in [5.41, 5.74) is 2.30. The molecule has 1 saturated heterocycles. The number of imide groups is 1. The molecule has 2 aromatic carbocycles. The Morgan fingerprint density at radius 1 is 1.00 bits per heavy atom. The zero-order valence-electron chi connectivity index (χ0n) is 17.3. The number of amides is 4. The quantitative estimate of drug-likeness (QED) is 0.490. The molecule has 0 bridgehead atoms. The molecule has 1 aliphatic rings. The smallest absolute Gasteiger partial charge is 0.327 e. The number of hydrogen-bond donors (Lipinski definition) is 1. The first-order chi connectivity index (χ1) is 15.0. The third kappa shape index (κ3) is 5.91. The molecule has 0 aliphatic carbocycles. The van der Waals surface area contributed by atoms with Gasteiger partial charge in [0.2, 0.25) is 0 Å². The van der Waals surface area contributed by atoms with Crippen LogP contribution in [0.2, 0.25) is 0 Å². The van der Waals surface area contributed by atoms with Gasteiger partial charge in [0.1, 0.15) is 13.1 Å². The number of ether oxygens (including phenoxy) is 1. The van der Waals surface area contributed by atoms with Crippen LogP contribution in [0.15, 0.2) is 60.7 Å². The Morgan fingerprint density at radius 3 is 2.10 bits per heavy atom. The molecule has 1 aliphatic heterocycles. The van der Waals surface area contributed by atoms with Crippen LogP contribution in [0.4, 0.5) is 4.79 Å². The topological polar surface area (TPSA) is 96.0 Å². The highest BCUT2D eigenvalue weighted by atomic mass is 16.5. The number of hydrogen-bond acceptors (Lipinski definition) is 5. The highest BCUT2D eigenvalue weighted by molar-refractivity contribution is 6.04. The summed E-state index contributed by atoms with van der Waals surface area (Å²) in [4.78, 5) is 49.4. The number of carbonyl (C=O) groups is 4.